The standard InChI is InChI=1S/C15H27NO4/c1-8-11(16-13(18)20-15(5,6)7)9-10-12(17)19-14(2,3)4/h9-11H,8H2,1-7H3,(H,16,18)/b10-9-. The molecular weight excluding hydrogens is 258 g/mol. The molecule has 0 aliphatic heterocycles. The monoisotopic (exact) mass is 285 g/mol. The Hall–Kier alpha value is -1.52. The van der Waals surface area contributed by atoms with Crippen LogP contribution in [-0.2, 0) is 14.3 Å². The van der Waals surface area contributed by atoms with Crippen molar-refractivity contribution in [3.05, 3.63) is 12.2 Å². The first-order chi connectivity index (χ1) is 8.93. The molecule has 0 aliphatic rings. The van der Waals surface area contributed by atoms with Crippen molar-refractivity contribution >= 4 is 12.1 Å². The first kappa shape index (κ1) is 18.5. The Kier molecular flexibility index (Phi) is 6.76. The summed E-state index contributed by atoms with van der Waals surface area (Å²) in [4.78, 5) is 23.2. The number of hydrogen-bond donors (Lipinski definition) is 1. The van der Waals surface area contributed by atoms with Gasteiger partial charge in [-0.25, -0.2) is 9.59 Å². The summed E-state index contributed by atoms with van der Waals surface area (Å²) in [6.07, 6.45) is 3.09. The van der Waals surface area contributed by atoms with Gasteiger partial charge in [0.25, 0.3) is 0 Å². The van der Waals surface area contributed by atoms with Gasteiger partial charge in [0.1, 0.15) is 11.2 Å². The van der Waals surface area contributed by atoms with Gasteiger partial charge in [-0.2, -0.15) is 0 Å². The normalized spacial score (nSPS) is 13.9. The molecule has 0 aromatic heterocycles. The third-order valence-electron chi connectivity index (χ3n) is 2.01. The maximum absolute atomic E-state index is 11.6. The number of carbonyl (C=O) groups is 2. The quantitative estimate of drug-likeness (QED) is 0.636. The Labute approximate surface area is 121 Å². The number of amides is 1. The van der Waals surface area contributed by atoms with E-state index < -0.39 is 23.3 Å². The minimum absolute atomic E-state index is 0.266. The van der Waals surface area contributed by atoms with Gasteiger partial charge >= 0.3 is 12.1 Å². The SMILES string of the molecule is CCC(/C=C\C(=O)OC(C)(C)C)NC(=O)OC(C)(C)C. The Morgan fingerprint density at radius 2 is 1.55 bits per heavy atom. The lowest BCUT2D eigenvalue weighted by atomic mass is 10.2. The van der Waals surface area contributed by atoms with E-state index in [-0.39, 0.29) is 6.04 Å². The summed E-state index contributed by atoms with van der Waals surface area (Å²) in [6, 6.07) is -0.266. The molecule has 1 atom stereocenters. The number of hydrogen-bond acceptors (Lipinski definition) is 4. The molecule has 5 nitrogen and oxygen atoms in total. The third kappa shape index (κ3) is 10.4. The predicted molar refractivity (Wildman–Crippen MR) is 78.4 cm³/mol. The van der Waals surface area contributed by atoms with Crippen LogP contribution >= 0.6 is 0 Å². The predicted octanol–water partition coefficient (Wildman–Crippen LogP) is 3.19. The summed E-state index contributed by atoms with van der Waals surface area (Å²) in [6.45, 7) is 12.7. The summed E-state index contributed by atoms with van der Waals surface area (Å²) in [5.74, 6) is -0.429. The van der Waals surface area contributed by atoms with E-state index in [2.05, 4.69) is 5.32 Å². The average molecular weight is 285 g/mol. The Bertz CT molecular complexity index is 361. The maximum atomic E-state index is 11.6. The lowest BCUT2D eigenvalue weighted by Crippen LogP contribution is -2.38. The molecule has 0 saturated carbocycles. The van der Waals surface area contributed by atoms with Gasteiger partial charge < -0.3 is 14.8 Å². The highest BCUT2D eigenvalue weighted by atomic mass is 16.6. The van der Waals surface area contributed by atoms with Gasteiger partial charge in [-0.3, -0.25) is 0 Å². The van der Waals surface area contributed by atoms with Crippen molar-refractivity contribution in [2.75, 3.05) is 0 Å². The topological polar surface area (TPSA) is 64.6 Å². The van der Waals surface area contributed by atoms with Gasteiger partial charge in [0.2, 0.25) is 0 Å². The lowest BCUT2D eigenvalue weighted by molar-refractivity contribution is -0.148. The molecule has 0 heterocycles. The molecule has 0 bridgehead atoms. The number of ether oxygens (including phenoxy) is 2. The Morgan fingerprint density at radius 3 is 1.95 bits per heavy atom. The number of esters is 1. The number of carbonyl (C=O) groups excluding carboxylic acids is 2. The van der Waals surface area contributed by atoms with Gasteiger partial charge in [0, 0.05) is 6.08 Å². The largest absolute Gasteiger partial charge is 0.457 e. The van der Waals surface area contributed by atoms with Crippen molar-refractivity contribution in [1.82, 2.24) is 5.32 Å². The van der Waals surface area contributed by atoms with Crippen molar-refractivity contribution in [3.8, 4) is 0 Å². The summed E-state index contributed by atoms with van der Waals surface area (Å²) in [5.41, 5.74) is -1.07. The fourth-order valence-corrected chi connectivity index (χ4v) is 1.28. The van der Waals surface area contributed by atoms with Crippen LogP contribution in [0.1, 0.15) is 54.9 Å². The first-order valence-electron chi connectivity index (χ1n) is 6.83. The molecular formula is C15H27NO4. The molecule has 116 valence electrons. The second kappa shape index (κ2) is 7.31. The molecule has 0 radical (unpaired) electrons. The molecule has 20 heavy (non-hydrogen) atoms. The van der Waals surface area contributed by atoms with Crippen LogP contribution in [0.4, 0.5) is 4.79 Å². The van der Waals surface area contributed by atoms with Gasteiger partial charge in [-0.1, -0.05) is 13.0 Å². The van der Waals surface area contributed by atoms with Crippen molar-refractivity contribution < 1.29 is 19.1 Å². The fraction of sp³-hybridized carbons (Fsp3) is 0.733. The molecule has 0 aromatic carbocycles. The van der Waals surface area contributed by atoms with Crippen LogP contribution in [0, 0.1) is 0 Å². The van der Waals surface area contributed by atoms with Gasteiger partial charge in [-0.15, -0.1) is 0 Å². The van der Waals surface area contributed by atoms with E-state index in [0.29, 0.717) is 6.42 Å². The third-order valence-corrected chi connectivity index (χ3v) is 2.01. The first-order valence-corrected chi connectivity index (χ1v) is 6.83. The van der Waals surface area contributed by atoms with Crippen LogP contribution in [0.3, 0.4) is 0 Å². The van der Waals surface area contributed by atoms with E-state index in [0.717, 1.165) is 0 Å². The van der Waals surface area contributed by atoms with Gasteiger partial charge in [0.15, 0.2) is 0 Å². The highest BCUT2D eigenvalue weighted by molar-refractivity contribution is 5.82. The minimum Gasteiger partial charge on any atom is -0.457 e. The minimum atomic E-state index is -0.544. The van der Waals surface area contributed by atoms with Crippen LogP contribution in [-0.4, -0.2) is 29.3 Å². The second-order valence-electron chi connectivity index (χ2n) is 6.55. The van der Waals surface area contributed by atoms with E-state index >= 15 is 0 Å². The van der Waals surface area contributed by atoms with E-state index in [1.165, 1.54) is 6.08 Å². The van der Waals surface area contributed by atoms with Crippen LogP contribution in [0.25, 0.3) is 0 Å². The highest BCUT2D eigenvalue weighted by Gasteiger charge is 2.18. The smallest absolute Gasteiger partial charge is 0.408 e. The van der Waals surface area contributed by atoms with E-state index in [1.807, 2.05) is 6.92 Å². The highest BCUT2D eigenvalue weighted by Crippen LogP contribution is 2.09. The molecule has 0 saturated heterocycles. The van der Waals surface area contributed by atoms with Gasteiger partial charge in [0.05, 0.1) is 6.04 Å². The van der Waals surface area contributed by atoms with Crippen LogP contribution in [0.15, 0.2) is 12.2 Å². The fourth-order valence-electron chi connectivity index (χ4n) is 1.28. The van der Waals surface area contributed by atoms with Crippen molar-refractivity contribution in [1.29, 1.82) is 0 Å². The number of alkyl carbamates (subject to hydrolysis) is 1. The zero-order valence-corrected chi connectivity index (χ0v) is 13.6. The molecule has 0 fully saturated rings. The van der Waals surface area contributed by atoms with Crippen molar-refractivity contribution in [2.24, 2.45) is 0 Å². The number of nitrogens with one attached hydrogen (secondary N) is 1. The van der Waals surface area contributed by atoms with Crippen LogP contribution in [0.2, 0.25) is 0 Å². The Morgan fingerprint density at radius 1 is 1.05 bits per heavy atom. The van der Waals surface area contributed by atoms with Crippen molar-refractivity contribution in [2.45, 2.75) is 72.1 Å². The molecule has 0 aliphatic carbocycles. The van der Waals surface area contributed by atoms with E-state index in [9.17, 15) is 9.59 Å². The molecule has 5 heteroatoms. The number of rotatable bonds is 4. The zero-order valence-electron chi connectivity index (χ0n) is 13.6. The summed E-state index contributed by atoms with van der Waals surface area (Å²) >= 11 is 0. The van der Waals surface area contributed by atoms with E-state index in [4.69, 9.17) is 9.47 Å². The van der Waals surface area contributed by atoms with Crippen molar-refractivity contribution in [3.63, 3.8) is 0 Å². The van der Waals surface area contributed by atoms with E-state index in [1.54, 1.807) is 47.6 Å². The Balaban J connectivity index is 4.41. The molecule has 1 amide bonds. The molecule has 0 rings (SSSR count). The molecule has 1 unspecified atom stereocenters. The van der Waals surface area contributed by atoms with Crippen LogP contribution in [0.5, 0.6) is 0 Å². The zero-order chi connectivity index (χ0) is 16.0. The lowest BCUT2D eigenvalue weighted by Gasteiger charge is -2.22. The summed E-state index contributed by atoms with van der Waals surface area (Å²) in [5, 5.41) is 2.69. The summed E-state index contributed by atoms with van der Waals surface area (Å²) < 4.78 is 10.3. The molecule has 0 spiro atoms. The summed E-state index contributed by atoms with van der Waals surface area (Å²) in [7, 11) is 0. The molecule has 1 N–H and O–H groups in total. The van der Waals surface area contributed by atoms with Gasteiger partial charge in [-0.05, 0) is 48.0 Å². The van der Waals surface area contributed by atoms with Crippen LogP contribution < -0.4 is 5.32 Å². The average Bonchev–Trinajstić information content (AvgIpc) is 2.18. The maximum Gasteiger partial charge on any atom is 0.408 e. The second-order valence-corrected chi connectivity index (χ2v) is 6.55. The molecule has 0 aromatic rings.